The fourth-order valence-electron chi connectivity index (χ4n) is 2.46. The van der Waals surface area contributed by atoms with Gasteiger partial charge in [-0.25, -0.2) is 4.98 Å². The van der Waals surface area contributed by atoms with Gasteiger partial charge in [0.2, 0.25) is 0 Å². The molecule has 5 N–H and O–H groups in total. The maximum Gasteiger partial charge on any atom is 0.152 e. The fraction of sp³-hybridized carbons (Fsp3) is 0.583. The lowest BCUT2D eigenvalue weighted by Gasteiger charge is -2.37. The molecule has 19 heavy (non-hydrogen) atoms. The highest BCUT2D eigenvalue weighted by Crippen LogP contribution is 2.29. The van der Waals surface area contributed by atoms with Crippen LogP contribution in [0.5, 0.6) is 0 Å². The summed E-state index contributed by atoms with van der Waals surface area (Å²) in [5.41, 5.74) is 12.8. The van der Waals surface area contributed by atoms with Crippen LogP contribution < -0.4 is 16.4 Å². The lowest BCUT2D eigenvalue weighted by Crippen LogP contribution is -2.41. The Morgan fingerprint density at radius 3 is 2.68 bits per heavy atom. The second-order valence-electron chi connectivity index (χ2n) is 4.54. The van der Waals surface area contributed by atoms with Crippen LogP contribution in [0.15, 0.2) is 12.3 Å². The summed E-state index contributed by atoms with van der Waals surface area (Å²) in [7, 11) is 0. The highest BCUT2D eigenvalue weighted by Gasteiger charge is 2.24. The molecule has 2 heterocycles. The summed E-state index contributed by atoms with van der Waals surface area (Å²) in [5.74, 6) is 0.803. The molecule has 110 valence electrons. The van der Waals surface area contributed by atoms with Gasteiger partial charge in [0.1, 0.15) is 0 Å². The highest BCUT2D eigenvalue weighted by atomic mass is 35.5. The predicted molar refractivity (Wildman–Crippen MR) is 84.2 cm³/mol. The van der Waals surface area contributed by atoms with Gasteiger partial charge < -0.3 is 21.5 Å². The first-order valence-electron chi connectivity index (χ1n) is 6.11. The van der Waals surface area contributed by atoms with E-state index in [1.807, 2.05) is 0 Å². The summed E-state index contributed by atoms with van der Waals surface area (Å²) >= 11 is 0. The van der Waals surface area contributed by atoms with E-state index >= 15 is 0 Å². The van der Waals surface area contributed by atoms with Crippen molar-refractivity contribution >= 4 is 42.0 Å². The van der Waals surface area contributed by atoms with E-state index in [1.54, 1.807) is 12.3 Å². The van der Waals surface area contributed by atoms with Gasteiger partial charge in [0.15, 0.2) is 5.82 Å². The number of pyridine rings is 1. The van der Waals surface area contributed by atoms with Crippen molar-refractivity contribution in [2.75, 3.05) is 29.5 Å². The summed E-state index contributed by atoms with van der Waals surface area (Å²) in [4.78, 5) is 6.53. The normalized spacial score (nSPS) is 18.4. The molecule has 0 aromatic carbocycles. The Labute approximate surface area is 126 Å². The number of rotatable bonds is 3. The Hall–Kier alpha value is -0.910. The van der Waals surface area contributed by atoms with Gasteiger partial charge in [0, 0.05) is 19.2 Å². The van der Waals surface area contributed by atoms with E-state index < -0.39 is 0 Å². The minimum absolute atomic E-state index is 0. The molecule has 1 aromatic rings. The minimum atomic E-state index is 0. The van der Waals surface area contributed by atoms with Crippen molar-refractivity contribution in [3.63, 3.8) is 0 Å². The van der Waals surface area contributed by atoms with Gasteiger partial charge in [-0.1, -0.05) is 0 Å². The Kier molecular flexibility index (Phi) is 7.90. The number of hydrogen-bond acceptors (Lipinski definition) is 5. The molecule has 0 radical (unpaired) electrons. The topological polar surface area (TPSA) is 88.4 Å². The average molecular weight is 309 g/mol. The standard InChI is InChI=1S/C12H20N4O.2ClH/c13-9-7-11(14)12(15-8-9)16-5-2-1-3-10(16)4-6-17;;/h7-8,10,17H,1-6,13-14H2;2*1H. The third kappa shape index (κ3) is 4.30. The molecular weight excluding hydrogens is 287 g/mol. The summed E-state index contributed by atoms with van der Waals surface area (Å²) in [6.45, 7) is 1.15. The maximum atomic E-state index is 9.10. The monoisotopic (exact) mass is 308 g/mol. The van der Waals surface area contributed by atoms with E-state index in [0.717, 1.165) is 31.6 Å². The average Bonchev–Trinajstić information content (AvgIpc) is 2.31. The number of nitrogens with zero attached hydrogens (tertiary/aromatic N) is 2. The summed E-state index contributed by atoms with van der Waals surface area (Å²) < 4.78 is 0. The van der Waals surface area contributed by atoms with Gasteiger partial charge in [-0.3, -0.25) is 0 Å². The van der Waals surface area contributed by atoms with E-state index in [4.69, 9.17) is 16.6 Å². The summed E-state index contributed by atoms with van der Waals surface area (Å²) in [5, 5.41) is 9.10. The van der Waals surface area contributed by atoms with Gasteiger partial charge in [0.25, 0.3) is 0 Å². The van der Waals surface area contributed by atoms with Gasteiger partial charge in [-0.15, -0.1) is 24.8 Å². The Bertz CT molecular complexity index is 390. The van der Waals surface area contributed by atoms with Crippen LogP contribution >= 0.6 is 24.8 Å². The zero-order valence-electron chi connectivity index (χ0n) is 10.8. The van der Waals surface area contributed by atoms with Gasteiger partial charge >= 0.3 is 0 Å². The van der Waals surface area contributed by atoms with Gasteiger partial charge in [-0.2, -0.15) is 0 Å². The van der Waals surface area contributed by atoms with Crippen LogP contribution in [0.4, 0.5) is 17.2 Å². The second-order valence-corrected chi connectivity index (χ2v) is 4.54. The van der Waals surface area contributed by atoms with E-state index in [0.29, 0.717) is 17.4 Å². The molecular formula is C12H22Cl2N4O. The molecule has 0 aliphatic carbocycles. The predicted octanol–water partition coefficient (Wildman–Crippen LogP) is 1.83. The quantitative estimate of drug-likeness (QED) is 0.793. The number of aliphatic hydroxyl groups is 1. The van der Waals surface area contributed by atoms with E-state index in [2.05, 4.69) is 9.88 Å². The SMILES string of the molecule is Cl.Cl.Nc1cnc(N2CCCCC2CCO)c(N)c1. The molecule has 2 rings (SSSR count). The minimum Gasteiger partial charge on any atom is -0.397 e. The highest BCUT2D eigenvalue weighted by molar-refractivity contribution is 5.85. The second kappa shape index (κ2) is 8.30. The Morgan fingerprint density at radius 2 is 2.05 bits per heavy atom. The number of nitrogen functional groups attached to an aromatic ring is 2. The van der Waals surface area contributed by atoms with Crippen LogP contribution in [-0.2, 0) is 0 Å². The number of aromatic nitrogens is 1. The lowest BCUT2D eigenvalue weighted by molar-refractivity contribution is 0.262. The van der Waals surface area contributed by atoms with Crippen LogP contribution in [0, 0.1) is 0 Å². The van der Waals surface area contributed by atoms with Crippen LogP contribution in [0.3, 0.4) is 0 Å². The number of nitrogens with two attached hydrogens (primary N) is 2. The summed E-state index contributed by atoms with van der Waals surface area (Å²) in [6, 6.07) is 2.08. The van der Waals surface area contributed by atoms with Crippen molar-refractivity contribution < 1.29 is 5.11 Å². The number of aliphatic hydroxyl groups excluding tert-OH is 1. The number of halogens is 2. The van der Waals surface area contributed by atoms with Crippen LogP contribution in [-0.4, -0.2) is 29.3 Å². The fourth-order valence-corrected chi connectivity index (χ4v) is 2.46. The third-order valence-electron chi connectivity index (χ3n) is 3.28. The maximum absolute atomic E-state index is 9.10. The first kappa shape index (κ1) is 18.1. The smallest absolute Gasteiger partial charge is 0.152 e. The van der Waals surface area contributed by atoms with E-state index in [-0.39, 0.29) is 31.4 Å². The van der Waals surface area contributed by atoms with E-state index in [1.165, 1.54) is 6.42 Å². The van der Waals surface area contributed by atoms with Crippen LogP contribution in [0.25, 0.3) is 0 Å². The molecule has 0 spiro atoms. The Balaban J connectivity index is 0.00000162. The zero-order valence-corrected chi connectivity index (χ0v) is 12.4. The molecule has 1 aliphatic heterocycles. The zero-order chi connectivity index (χ0) is 12.3. The largest absolute Gasteiger partial charge is 0.397 e. The third-order valence-corrected chi connectivity index (χ3v) is 3.28. The van der Waals surface area contributed by atoms with Crippen LogP contribution in [0.1, 0.15) is 25.7 Å². The van der Waals surface area contributed by atoms with Crippen molar-refractivity contribution in [2.45, 2.75) is 31.7 Å². The number of piperidine rings is 1. The van der Waals surface area contributed by atoms with Crippen molar-refractivity contribution in [1.82, 2.24) is 4.98 Å². The molecule has 0 amide bonds. The summed E-state index contributed by atoms with van der Waals surface area (Å²) in [6.07, 6.45) is 5.84. The molecule has 7 heteroatoms. The molecule has 0 saturated carbocycles. The molecule has 0 bridgehead atoms. The molecule has 1 aromatic heterocycles. The Morgan fingerprint density at radius 1 is 1.32 bits per heavy atom. The molecule has 1 fully saturated rings. The molecule has 1 atom stereocenters. The van der Waals surface area contributed by atoms with Crippen molar-refractivity contribution in [2.24, 2.45) is 0 Å². The molecule has 1 unspecified atom stereocenters. The number of anilines is 3. The first-order valence-corrected chi connectivity index (χ1v) is 6.11. The van der Waals surface area contributed by atoms with Crippen molar-refractivity contribution in [3.05, 3.63) is 12.3 Å². The molecule has 1 aliphatic rings. The lowest BCUT2D eigenvalue weighted by atomic mass is 9.99. The molecule has 1 saturated heterocycles. The van der Waals surface area contributed by atoms with Gasteiger partial charge in [0.05, 0.1) is 17.6 Å². The van der Waals surface area contributed by atoms with Crippen molar-refractivity contribution in [3.8, 4) is 0 Å². The van der Waals surface area contributed by atoms with Gasteiger partial charge in [-0.05, 0) is 31.7 Å². The molecule has 5 nitrogen and oxygen atoms in total. The van der Waals surface area contributed by atoms with E-state index in [9.17, 15) is 0 Å². The number of hydrogen-bond donors (Lipinski definition) is 3. The van der Waals surface area contributed by atoms with Crippen LogP contribution in [0.2, 0.25) is 0 Å². The first-order chi connectivity index (χ1) is 8.22. The van der Waals surface area contributed by atoms with Crippen molar-refractivity contribution in [1.29, 1.82) is 0 Å².